The second-order valence-electron chi connectivity index (χ2n) is 7.57. The summed E-state index contributed by atoms with van der Waals surface area (Å²) in [5.41, 5.74) is 3.08. The average molecular weight is 431 g/mol. The number of benzene rings is 1. The highest BCUT2D eigenvalue weighted by Crippen LogP contribution is 2.35. The summed E-state index contributed by atoms with van der Waals surface area (Å²) in [6.45, 7) is 3.22. The van der Waals surface area contributed by atoms with Crippen LogP contribution in [0.4, 0.5) is 5.69 Å². The van der Waals surface area contributed by atoms with Crippen molar-refractivity contribution in [2.24, 2.45) is 0 Å². The van der Waals surface area contributed by atoms with Crippen LogP contribution in [-0.4, -0.2) is 52.8 Å². The first-order valence-electron chi connectivity index (χ1n) is 10.3. The van der Waals surface area contributed by atoms with E-state index in [1.807, 2.05) is 47.8 Å². The topological polar surface area (TPSA) is 56.8 Å². The number of amides is 2. The summed E-state index contributed by atoms with van der Waals surface area (Å²) in [5, 5.41) is 1.94. The van der Waals surface area contributed by atoms with E-state index in [-0.39, 0.29) is 18.4 Å². The fourth-order valence-electron chi connectivity index (χ4n) is 4.14. The van der Waals surface area contributed by atoms with Gasteiger partial charge in [-0.1, -0.05) is 30.3 Å². The Kier molecular flexibility index (Phi) is 5.26. The molecule has 7 heteroatoms. The molecule has 1 aromatic carbocycles. The maximum atomic E-state index is 13.5. The molecule has 0 spiro atoms. The third-order valence-corrected chi connectivity index (χ3v) is 6.58. The number of aromatic nitrogens is 1. The van der Waals surface area contributed by atoms with Gasteiger partial charge in [0, 0.05) is 49.1 Å². The summed E-state index contributed by atoms with van der Waals surface area (Å²) >= 11 is 1.49. The van der Waals surface area contributed by atoms with Crippen LogP contribution in [0.3, 0.4) is 0 Å². The predicted octanol–water partition coefficient (Wildman–Crippen LogP) is 3.25. The standard InChI is InChI=1S/C24H22N4O2S/c29-23-21(20-9-5-15-31-20)22(24(30)28(23)17-18-6-4-10-25-16-18)27-13-11-26(12-14-27)19-7-2-1-3-8-19/h1-10,15-16H,11-14,17H2. The Morgan fingerprint density at radius 1 is 0.839 bits per heavy atom. The van der Waals surface area contributed by atoms with E-state index < -0.39 is 0 Å². The van der Waals surface area contributed by atoms with E-state index in [0.29, 0.717) is 24.4 Å². The Morgan fingerprint density at radius 3 is 2.29 bits per heavy atom. The van der Waals surface area contributed by atoms with E-state index in [0.717, 1.165) is 23.5 Å². The van der Waals surface area contributed by atoms with Crippen molar-refractivity contribution in [1.82, 2.24) is 14.8 Å². The van der Waals surface area contributed by atoms with E-state index in [2.05, 4.69) is 26.9 Å². The molecule has 0 saturated carbocycles. The Morgan fingerprint density at radius 2 is 1.61 bits per heavy atom. The first kappa shape index (κ1) is 19.5. The summed E-state index contributed by atoms with van der Waals surface area (Å²) in [6, 6.07) is 17.8. The van der Waals surface area contributed by atoms with Gasteiger partial charge < -0.3 is 9.80 Å². The fourth-order valence-corrected chi connectivity index (χ4v) is 4.91. The smallest absolute Gasteiger partial charge is 0.278 e. The quantitative estimate of drug-likeness (QED) is 0.582. The summed E-state index contributed by atoms with van der Waals surface area (Å²) in [7, 11) is 0. The number of hydrogen-bond donors (Lipinski definition) is 0. The van der Waals surface area contributed by atoms with Crippen LogP contribution in [0.5, 0.6) is 0 Å². The van der Waals surface area contributed by atoms with Crippen LogP contribution in [0.25, 0.3) is 5.57 Å². The number of imide groups is 1. The molecule has 31 heavy (non-hydrogen) atoms. The van der Waals surface area contributed by atoms with Gasteiger partial charge in [0.25, 0.3) is 11.8 Å². The Balaban J connectivity index is 1.42. The van der Waals surface area contributed by atoms with Crippen molar-refractivity contribution in [1.29, 1.82) is 0 Å². The summed E-state index contributed by atoms with van der Waals surface area (Å²) in [6.07, 6.45) is 3.38. The molecule has 0 atom stereocenters. The lowest BCUT2D eigenvalue weighted by molar-refractivity contribution is -0.138. The van der Waals surface area contributed by atoms with Crippen molar-refractivity contribution < 1.29 is 9.59 Å². The number of para-hydroxylation sites is 1. The molecule has 6 nitrogen and oxygen atoms in total. The summed E-state index contributed by atoms with van der Waals surface area (Å²) in [5.74, 6) is -0.442. The van der Waals surface area contributed by atoms with Gasteiger partial charge in [0.1, 0.15) is 5.70 Å². The Labute approximate surface area is 185 Å². The van der Waals surface area contributed by atoms with Crippen LogP contribution >= 0.6 is 11.3 Å². The zero-order chi connectivity index (χ0) is 21.2. The van der Waals surface area contributed by atoms with Crippen molar-refractivity contribution in [2.75, 3.05) is 31.1 Å². The molecular weight excluding hydrogens is 408 g/mol. The second kappa shape index (κ2) is 8.35. The molecule has 1 fully saturated rings. The monoisotopic (exact) mass is 430 g/mol. The number of pyridine rings is 1. The molecule has 2 amide bonds. The number of thiophene rings is 1. The minimum Gasteiger partial charge on any atom is -0.368 e. The van der Waals surface area contributed by atoms with Gasteiger partial charge in [0.2, 0.25) is 0 Å². The van der Waals surface area contributed by atoms with Crippen LogP contribution in [0, 0.1) is 0 Å². The molecule has 156 valence electrons. The molecule has 2 aromatic heterocycles. The zero-order valence-corrected chi connectivity index (χ0v) is 17.8. The second-order valence-corrected chi connectivity index (χ2v) is 8.52. The van der Waals surface area contributed by atoms with E-state index in [1.54, 1.807) is 12.4 Å². The Hall–Kier alpha value is -3.45. The van der Waals surface area contributed by atoms with Gasteiger partial charge in [-0.3, -0.25) is 19.5 Å². The van der Waals surface area contributed by atoms with E-state index in [4.69, 9.17) is 0 Å². The molecule has 0 radical (unpaired) electrons. The minimum absolute atomic E-state index is 0.217. The molecular formula is C24H22N4O2S. The van der Waals surface area contributed by atoms with Crippen molar-refractivity contribution in [3.63, 3.8) is 0 Å². The molecule has 1 saturated heterocycles. The summed E-state index contributed by atoms with van der Waals surface area (Å²) in [4.78, 5) is 37.5. The molecule has 4 heterocycles. The highest BCUT2D eigenvalue weighted by Gasteiger charge is 2.42. The van der Waals surface area contributed by atoms with Gasteiger partial charge in [-0.05, 0) is 35.2 Å². The normalized spacial score (nSPS) is 17.1. The SMILES string of the molecule is O=C1C(c2cccs2)=C(N2CCN(c3ccccc3)CC2)C(=O)N1Cc1cccnc1. The van der Waals surface area contributed by atoms with Crippen LogP contribution < -0.4 is 4.90 Å². The molecule has 0 N–H and O–H groups in total. The van der Waals surface area contributed by atoms with Gasteiger partial charge in [-0.25, -0.2) is 0 Å². The van der Waals surface area contributed by atoms with Crippen LogP contribution in [0.15, 0.2) is 78.1 Å². The van der Waals surface area contributed by atoms with E-state index in [9.17, 15) is 9.59 Å². The number of anilines is 1. The largest absolute Gasteiger partial charge is 0.368 e. The molecule has 0 bridgehead atoms. The average Bonchev–Trinajstić information content (AvgIpc) is 3.43. The highest BCUT2D eigenvalue weighted by molar-refractivity contribution is 7.11. The van der Waals surface area contributed by atoms with Gasteiger partial charge in [0.15, 0.2) is 0 Å². The Bertz CT molecular complexity index is 1110. The van der Waals surface area contributed by atoms with E-state index >= 15 is 0 Å². The van der Waals surface area contributed by atoms with Crippen LogP contribution in [0.1, 0.15) is 10.4 Å². The lowest BCUT2D eigenvalue weighted by atomic mass is 10.1. The van der Waals surface area contributed by atoms with Crippen molar-refractivity contribution in [3.8, 4) is 0 Å². The van der Waals surface area contributed by atoms with Gasteiger partial charge in [-0.2, -0.15) is 0 Å². The van der Waals surface area contributed by atoms with Crippen molar-refractivity contribution in [2.45, 2.75) is 6.54 Å². The number of rotatable bonds is 5. The number of piperazine rings is 1. The fraction of sp³-hybridized carbons (Fsp3) is 0.208. The van der Waals surface area contributed by atoms with Crippen molar-refractivity contribution in [3.05, 3.63) is 88.5 Å². The third-order valence-electron chi connectivity index (χ3n) is 5.69. The molecule has 5 rings (SSSR count). The molecule has 0 aliphatic carbocycles. The first-order chi connectivity index (χ1) is 15.2. The van der Waals surface area contributed by atoms with Gasteiger partial charge in [0.05, 0.1) is 12.1 Å². The van der Waals surface area contributed by atoms with Gasteiger partial charge >= 0.3 is 0 Å². The van der Waals surface area contributed by atoms with Crippen molar-refractivity contribution >= 4 is 34.4 Å². The minimum atomic E-state index is -0.225. The van der Waals surface area contributed by atoms with Crippen LogP contribution in [-0.2, 0) is 16.1 Å². The lowest BCUT2D eigenvalue weighted by Gasteiger charge is -2.37. The number of carbonyl (C=O) groups is 2. The first-order valence-corrected chi connectivity index (χ1v) is 11.2. The molecule has 3 aromatic rings. The summed E-state index contributed by atoms with van der Waals surface area (Å²) < 4.78 is 0. The lowest BCUT2D eigenvalue weighted by Crippen LogP contribution is -2.47. The number of carbonyl (C=O) groups excluding carboxylic acids is 2. The molecule has 2 aliphatic rings. The zero-order valence-electron chi connectivity index (χ0n) is 17.0. The predicted molar refractivity (Wildman–Crippen MR) is 121 cm³/mol. The molecule has 0 unspecified atom stereocenters. The van der Waals surface area contributed by atoms with E-state index in [1.165, 1.54) is 21.9 Å². The maximum absolute atomic E-state index is 13.5. The van der Waals surface area contributed by atoms with Crippen LogP contribution in [0.2, 0.25) is 0 Å². The third kappa shape index (κ3) is 3.72. The molecule has 2 aliphatic heterocycles. The number of nitrogens with zero attached hydrogens (tertiary/aromatic N) is 4. The highest BCUT2D eigenvalue weighted by atomic mass is 32.1. The van der Waals surface area contributed by atoms with Gasteiger partial charge in [-0.15, -0.1) is 11.3 Å². The maximum Gasteiger partial charge on any atom is 0.278 e. The number of hydrogen-bond acceptors (Lipinski definition) is 6.